The Morgan fingerprint density at radius 2 is 2.22 bits per heavy atom. The first-order chi connectivity index (χ1) is 11.2. The number of rotatable bonds is 5. The highest BCUT2D eigenvalue weighted by Crippen LogP contribution is 2.24. The van der Waals surface area contributed by atoms with Gasteiger partial charge in [0.25, 0.3) is 0 Å². The molecule has 1 N–H and O–H groups in total. The molecular formula is C17H15N3OS2. The number of carbonyl (C=O) groups is 1. The maximum atomic E-state index is 12.0. The lowest BCUT2D eigenvalue weighted by molar-refractivity contribution is -0.117. The first-order valence-electron chi connectivity index (χ1n) is 7.10. The van der Waals surface area contributed by atoms with Crippen molar-refractivity contribution >= 4 is 34.7 Å². The molecule has 1 unspecified atom stereocenters. The van der Waals surface area contributed by atoms with E-state index in [1.165, 1.54) is 11.3 Å². The number of hydrogen-bond acceptors (Lipinski definition) is 5. The minimum absolute atomic E-state index is 0.121. The summed E-state index contributed by atoms with van der Waals surface area (Å²) in [6.07, 6.45) is 6.89. The largest absolute Gasteiger partial charge is 0.344 e. The predicted molar refractivity (Wildman–Crippen MR) is 95.3 cm³/mol. The van der Waals surface area contributed by atoms with Crippen molar-refractivity contribution in [1.29, 1.82) is 0 Å². The van der Waals surface area contributed by atoms with Gasteiger partial charge >= 0.3 is 0 Å². The van der Waals surface area contributed by atoms with Gasteiger partial charge in [-0.2, -0.15) is 0 Å². The summed E-state index contributed by atoms with van der Waals surface area (Å²) in [5.74, 6) is -0.121. The number of nitrogens with zero attached hydrogens (tertiary/aromatic N) is 2. The Labute approximate surface area is 142 Å². The van der Waals surface area contributed by atoms with Gasteiger partial charge in [0.1, 0.15) is 5.01 Å². The van der Waals surface area contributed by atoms with Crippen LogP contribution in [0.1, 0.15) is 22.9 Å². The monoisotopic (exact) mass is 341 g/mol. The second-order valence-corrected chi connectivity index (χ2v) is 6.76. The van der Waals surface area contributed by atoms with Gasteiger partial charge < -0.3 is 5.32 Å². The summed E-state index contributed by atoms with van der Waals surface area (Å²) in [5, 5.41) is 7.78. The van der Waals surface area contributed by atoms with Gasteiger partial charge in [0.2, 0.25) is 5.91 Å². The molecule has 0 saturated carbocycles. The fourth-order valence-corrected chi connectivity index (χ4v) is 3.45. The van der Waals surface area contributed by atoms with Crippen molar-refractivity contribution in [2.75, 3.05) is 0 Å². The molecule has 3 aromatic heterocycles. The minimum Gasteiger partial charge on any atom is -0.344 e. The number of amides is 1. The molecule has 3 aromatic rings. The van der Waals surface area contributed by atoms with Crippen LogP contribution in [-0.4, -0.2) is 15.9 Å². The second kappa shape index (κ2) is 7.30. The van der Waals surface area contributed by atoms with Gasteiger partial charge in [0.15, 0.2) is 0 Å². The Bertz CT molecular complexity index is 794. The highest BCUT2D eigenvalue weighted by atomic mass is 32.1. The maximum absolute atomic E-state index is 12.0. The van der Waals surface area contributed by atoms with Crippen LogP contribution >= 0.6 is 22.7 Å². The van der Waals surface area contributed by atoms with Gasteiger partial charge in [-0.15, -0.1) is 22.7 Å². The molecule has 0 radical (unpaired) electrons. The molecule has 0 spiro atoms. The third kappa shape index (κ3) is 4.12. The third-order valence-corrected chi connectivity index (χ3v) is 5.02. The van der Waals surface area contributed by atoms with E-state index in [2.05, 4.69) is 15.3 Å². The van der Waals surface area contributed by atoms with Crippen molar-refractivity contribution in [2.24, 2.45) is 0 Å². The zero-order chi connectivity index (χ0) is 16.1. The Balaban J connectivity index is 1.63. The summed E-state index contributed by atoms with van der Waals surface area (Å²) in [6.45, 7) is 1.93. The highest BCUT2D eigenvalue weighted by molar-refractivity contribution is 7.10. The quantitative estimate of drug-likeness (QED) is 0.709. The fraction of sp³-hybridized carbons (Fsp3) is 0.118. The first kappa shape index (κ1) is 15.6. The van der Waals surface area contributed by atoms with Crippen LogP contribution in [0.5, 0.6) is 0 Å². The van der Waals surface area contributed by atoms with Gasteiger partial charge in [0, 0.05) is 34.3 Å². The third-order valence-electron chi connectivity index (χ3n) is 3.15. The molecule has 0 aliphatic heterocycles. The van der Waals surface area contributed by atoms with Crippen molar-refractivity contribution in [3.63, 3.8) is 0 Å². The summed E-state index contributed by atoms with van der Waals surface area (Å²) in [6, 6.07) is 7.65. The van der Waals surface area contributed by atoms with Crippen LogP contribution in [0.25, 0.3) is 17.3 Å². The van der Waals surface area contributed by atoms with E-state index in [4.69, 9.17) is 0 Å². The Morgan fingerprint density at radius 3 is 2.96 bits per heavy atom. The standard InChI is InChI=1S/C17H15N3OS2/c1-12(19-16(21)7-6-14-5-3-9-22-14)17-20-15(11-23-17)13-4-2-8-18-10-13/h2-12H,1H3,(H,19,21). The Kier molecular flexibility index (Phi) is 4.95. The van der Waals surface area contributed by atoms with E-state index >= 15 is 0 Å². The summed E-state index contributed by atoms with van der Waals surface area (Å²) in [7, 11) is 0. The van der Waals surface area contributed by atoms with Crippen molar-refractivity contribution < 1.29 is 4.79 Å². The van der Waals surface area contributed by atoms with Gasteiger partial charge in [-0.05, 0) is 36.6 Å². The maximum Gasteiger partial charge on any atom is 0.244 e. The van der Waals surface area contributed by atoms with Gasteiger partial charge in [-0.3, -0.25) is 9.78 Å². The summed E-state index contributed by atoms with van der Waals surface area (Å²) < 4.78 is 0. The second-order valence-electron chi connectivity index (χ2n) is 4.89. The SMILES string of the molecule is CC(NC(=O)C=Cc1cccs1)c1nc(-c2cccnc2)cs1. The molecule has 4 nitrogen and oxygen atoms in total. The average molecular weight is 341 g/mol. The van der Waals surface area contributed by atoms with Crippen molar-refractivity contribution in [1.82, 2.24) is 15.3 Å². The summed E-state index contributed by atoms with van der Waals surface area (Å²) >= 11 is 3.13. The molecular weight excluding hydrogens is 326 g/mol. The van der Waals surface area contributed by atoms with Crippen LogP contribution < -0.4 is 5.32 Å². The number of hydrogen-bond donors (Lipinski definition) is 1. The van der Waals surface area contributed by atoms with E-state index in [0.29, 0.717) is 0 Å². The minimum atomic E-state index is -0.133. The van der Waals surface area contributed by atoms with Gasteiger partial charge in [-0.25, -0.2) is 4.98 Å². The summed E-state index contributed by atoms with van der Waals surface area (Å²) in [4.78, 5) is 21.7. The van der Waals surface area contributed by atoms with E-state index in [-0.39, 0.29) is 11.9 Å². The predicted octanol–water partition coefficient (Wildman–Crippen LogP) is 4.16. The molecule has 1 amide bonds. The smallest absolute Gasteiger partial charge is 0.244 e. The zero-order valence-corrected chi connectivity index (χ0v) is 14.1. The molecule has 0 aliphatic carbocycles. The Hall–Kier alpha value is -2.31. The van der Waals surface area contributed by atoms with E-state index in [1.807, 2.05) is 48.0 Å². The molecule has 0 bridgehead atoms. The lowest BCUT2D eigenvalue weighted by Crippen LogP contribution is -2.24. The Morgan fingerprint density at radius 1 is 1.30 bits per heavy atom. The summed E-state index contributed by atoms with van der Waals surface area (Å²) in [5.41, 5.74) is 1.86. The van der Waals surface area contributed by atoms with E-state index in [1.54, 1.807) is 29.8 Å². The molecule has 6 heteroatoms. The van der Waals surface area contributed by atoms with Crippen LogP contribution in [0.15, 0.2) is 53.5 Å². The topological polar surface area (TPSA) is 54.9 Å². The number of thiophene rings is 1. The lowest BCUT2D eigenvalue weighted by atomic mass is 10.2. The van der Waals surface area contributed by atoms with E-state index in [0.717, 1.165) is 21.1 Å². The number of carbonyl (C=O) groups excluding carboxylic acids is 1. The molecule has 23 heavy (non-hydrogen) atoms. The fourth-order valence-electron chi connectivity index (χ4n) is 2.00. The number of thiazole rings is 1. The van der Waals surface area contributed by atoms with E-state index < -0.39 is 0 Å². The number of nitrogens with one attached hydrogen (secondary N) is 1. The molecule has 1 atom stereocenters. The van der Waals surface area contributed by atoms with Crippen molar-refractivity contribution in [3.8, 4) is 11.3 Å². The first-order valence-corrected chi connectivity index (χ1v) is 8.86. The normalized spacial score (nSPS) is 12.4. The molecule has 3 rings (SSSR count). The van der Waals surface area contributed by atoms with Crippen molar-refractivity contribution in [2.45, 2.75) is 13.0 Å². The highest BCUT2D eigenvalue weighted by Gasteiger charge is 2.13. The van der Waals surface area contributed by atoms with Crippen LogP contribution in [0.4, 0.5) is 0 Å². The number of pyridine rings is 1. The van der Waals surface area contributed by atoms with E-state index in [9.17, 15) is 4.79 Å². The molecule has 0 saturated heterocycles. The zero-order valence-electron chi connectivity index (χ0n) is 12.5. The number of aromatic nitrogens is 2. The molecule has 0 aromatic carbocycles. The van der Waals surface area contributed by atoms with Crippen molar-refractivity contribution in [3.05, 3.63) is 63.4 Å². The van der Waals surface area contributed by atoms with Crippen LogP contribution in [-0.2, 0) is 4.79 Å². The molecule has 0 fully saturated rings. The molecule has 116 valence electrons. The van der Waals surface area contributed by atoms with Crippen LogP contribution in [0.2, 0.25) is 0 Å². The molecule has 0 aliphatic rings. The lowest BCUT2D eigenvalue weighted by Gasteiger charge is -2.08. The van der Waals surface area contributed by atoms with Crippen LogP contribution in [0.3, 0.4) is 0 Å². The van der Waals surface area contributed by atoms with Gasteiger partial charge in [0.05, 0.1) is 11.7 Å². The van der Waals surface area contributed by atoms with Gasteiger partial charge in [-0.1, -0.05) is 6.07 Å². The average Bonchev–Trinajstić information content (AvgIpc) is 3.25. The molecule has 3 heterocycles. The van der Waals surface area contributed by atoms with Crippen LogP contribution in [0, 0.1) is 0 Å².